The summed E-state index contributed by atoms with van der Waals surface area (Å²) >= 11 is 0. The minimum Gasteiger partial charge on any atom is -0.480 e. The molecule has 3 unspecified atom stereocenters. The maximum atomic E-state index is 12.2. The number of aliphatic carboxylic acids is 1. The van der Waals surface area contributed by atoms with Gasteiger partial charge in [-0.15, -0.1) is 0 Å². The molecule has 0 aromatic heterocycles. The van der Waals surface area contributed by atoms with Gasteiger partial charge in [-0.05, 0) is 38.5 Å². The molecular weight excluding hydrogens is 637 g/mol. The molecule has 1 amide bonds. The molecule has 0 rings (SSSR count). The molecule has 0 aliphatic carbocycles. The molecule has 3 atom stereocenters. The number of nitrogens with one attached hydrogen (secondary N) is 1. The van der Waals surface area contributed by atoms with Crippen molar-refractivity contribution >= 4 is 25.7 Å². The Hall–Kier alpha value is -2.04. The highest BCUT2D eigenvalue weighted by Gasteiger charge is 2.28. The van der Waals surface area contributed by atoms with E-state index in [0.717, 1.165) is 70.6 Å². The topological polar surface area (TPSA) is 169 Å². The number of carboxylic acid groups (broad SMARTS) is 1. The average Bonchev–Trinajstić information content (AvgIpc) is 3.05. The Bertz CT molecular complexity index is 926. The Morgan fingerprint density at radius 2 is 1.19 bits per heavy atom. The van der Waals surface area contributed by atoms with E-state index in [0.29, 0.717) is 12.8 Å². The number of amides is 1. The van der Waals surface area contributed by atoms with Gasteiger partial charge in [0.05, 0.1) is 13.2 Å². The number of unbranched alkanes of at least 4 members (excludes halogenated alkanes) is 16. The molecule has 0 heterocycles. The maximum Gasteiger partial charge on any atom is 0.472 e. The van der Waals surface area contributed by atoms with Crippen LogP contribution >= 0.6 is 7.82 Å². The van der Waals surface area contributed by atoms with Crippen LogP contribution in [0.1, 0.15) is 155 Å². The monoisotopic (exact) mass is 703 g/mol. The number of carboxylic acids is 1. The van der Waals surface area contributed by atoms with Crippen molar-refractivity contribution in [2.45, 2.75) is 167 Å². The van der Waals surface area contributed by atoms with E-state index in [1.165, 1.54) is 44.9 Å². The number of aliphatic hydroxyl groups excluding tert-OH is 1. The summed E-state index contributed by atoms with van der Waals surface area (Å²) in [7, 11) is -4.75. The molecule has 0 radical (unpaired) electrons. The van der Waals surface area contributed by atoms with Gasteiger partial charge in [0.2, 0.25) is 5.91 Å². The average molecular weight is 704 g/mol. The fraction of sp³-hybridized carbons (Fsp3) is 0.806. The number of aliphatic hydroxyl groups is 1. The van der Waals surface area contributed by atoms with Gasteiger partial charge in [-0.25, -0.2) is 9.36 Å². The van der Waals surface area contributed by atoms with Crippen molar-refractivity contribution < 1.29 is 47.8 Å². The van der Waals surface area contributed by atoms with Crippen LogP contribution < -0.4 is 5.32 Å². The third kappa shape index (κ3) is 31.2. The maximum absolute atomic E-state index is 12.2. The first-order valence-electron chi connectivity index (χ1n) is 18.4. The largest absolute Gasteiger partial charge is 0.480 e. The van der Waals surface area contributed by atoms with Crippen molar-refractivity contribution in [1.82, 2.24) is 5.32 Å². The van der Waals surface area contributed by atoms with Crippen molar-refractivity contribution in [1.29, 1.82) is 0 Å². The zero-order chi connectivity index (χ0) is 35.7. The molecule has 280 valence electrons. The summed E-state index contributed by atoms with van der Waals surface area (Å²) in [5, 5.41) is 21.7. The fourth-order valence-corrected chi connectivity index (χ4v) is 5.59. The highest BCUT2D eigenvalue weighted by Crippen LogP contribution is 2.43. The lowest BCUT2D eigenvalue weighted by molar-refractivity contribution is -0.147. The fourth-order valence-electron chi connectivity index (χ4n) is 4.82. The molecule has 0 fully saturated rings. The number of esters is 1. The molecule has 0 saturated carbocycles. The van der Waals surface area contributed by atoms with Crippen molar-refractivity contribution in [3.8, 4) is 0 Å². The lowest BCUT2D eigenvalue weighted by Gasteiger charge is -2.18. The first-order valence-corrected chi connectivity index (χ1v) is 19.9. The van der Waals surface area contributed by atoms with Crippen LogP contribution in [0.5, 0.6) is 0 Å². The van der Waals surface area contributed by atoms with Crippen LogP contribution in [0.4, 0.5) is 0 Å². The van der Waals surface area contributed by atoms with Gasteiger partial charge < -0.3 is 25.2 Å². The number of phosphoric ester groups is 1. The lowest BCUT2D eigenvalue weighted by Crippen LogP contribution is -2.43. The highest BCUT2D eigenvalue weighted by molar-refractivity contribution is 7.47. The van der Waals surface area contributed by atoms with Crippen molar-refractivity contribution in [2.24, 2.45) is 0 Å². The Morgan fingerprint density at radius 1 is 0.667 bits per heavy atom. The van der Waals surface area contributed by atoms with E-state index in [2.05, 4.69) is 43.5 Å². The summed E-state index contributed by atoms with van der Waals surface area (Å²) in [6.45, 7) is 2.48. The van der Waals surface area contributed by atoms with Crippen LogP contribution in [0.15, 0.2) is 24.3 Å². The van der Waals surface area contributed by atoms with Crippen LogP contribution in [0.3, 0.4) is 0 Å². The molecule has 0 aliphatic heterocycles. The number of allylic oxidation sites excluding steroid dienone is 4. The van der Waals surface area contributed by atoms with Gasteiger partial charge in [-0.3, -0.25) is 18.6 Å². The highest BCUT2D eigenvalue weighted by atomic mass is 31.2. The van der Waals surface area contributed by atoms with Crippen LogP contribution in [-0.4, -0.2) is 64.9 Å². The van der Waals surface area contributed by atoms with Gasteiger partial charge in [0.25, 0.3) is 0 Å². The number of rotatable bonds is 34. The predicted molar refractivity (Wildman–Crippen MR) is 189 cm³/mol. The standard InChI is InChI=1S/C36H66NO10P/c1-3-5-7-9-11-13-15-16-18-19-21-23-25-27-34(39)37-33(36(41)42)31-47-48(43,44)46-30-32(38)29-45-35(40)28-26-24-22-20-17-14-12-10-8-6-4-2/h7,9,13,15,32-33,38H,3-6,8,10-12,14,16-31H2,1-2H3,(H,37,39)(H,41,42)(H,43,44)/b9-7-,15-13-. The van der Waals surface area contributed by atoms with Crippen molar-refractivity contribution in [3.05, 3.63) is 24.3 Å². The second-order valence-corrected chi connectivity index (χ2v) is 13.9. The summed E-state index contributed by atoms with van der Waals surface area (Å²) < 4.78 is 26.7. The summed E-state index contributed by atoms with van der Waals surface area (Å²) in [4.78, 5) is 45.6. The third-order valence-corrected chi connectivity index (χ3v) is 8.68. The summed E-state index contributed by atoms with van der Waals surface area (Å²) in [5.41, 5.74) is 0. The van der Waals surface area contributed by atoms with Gasteiger partial charge in [0.15, 0.2) is 6.04 Å². The molecule has 0 aromatic carbocycles. The Labute approximate surface area is 289 Å². The molecule has 0 aromatic rings. The van der Waals surface area contributed by atoms with E-state index in [4.69, 9.17) is 13.8 Å². The zero-order valence-electron chi connectivity index (χ0n) is 29.8. The van der Waals surface area contributed by atoms with E-state index in [-0.39, 0.29) is 12.8 Å². The first kappa shape index (κ1) is 46.0. The number of phosphoric acid groups is 1. The predicted octanol–water partition coefficient (Wildman–Crippen LogP) is 8.33. The summed E-state index contributed by atoms with van der Waals surface area (Å²) in [6, 6.07) is -1.55. The Morgan fingerprint density at radius 3 is 1.77 bits per heavy atom. The van der Waals surface area contributed by atoms with Crippen molar-refractivity contribution in [2.75, 3.05) is 19.8 Å². The molecule has 4 N–H and O–H groups in total. The normalized spacial score (nSPS) is 14.2. The van der Waals surface area contributed by atoms with Gasteiger partial charge in [-0.1, -0.05) is 128 Å². The molecule has 0 bridgehead atoms. The smallest absolute Gasteiger partial charge is 0.472 e. The van der Waals surface area contributed by atoms with E-state index >= 15 is 0 Å². The summed E-state index contributed by atoms with van der Waals surface area (Å²) in [5.74, 6) is -2.39. The SMILES string of the molecule is CCC/C=C\C/C=C\CCCCCCCC(=O)NC(COP(=O)(O)OCC(O)COC(=O)CCCCCCCCCCCCC)C(=O)O. The molecule has 12 heteroatoms. The molecule has 0 saturated heterocycles. The van der Waals surface area contributed by atoms with E-state index < -0.39 is 57.6 Å². The van der Waals surface area contributed by atoms with Gasteiger partial charge in [-0.2, -0.15) is 0 Å². The molecule has 11 nitrogen and oxygen atoms in total. The van der Waals surface area contributed by atoms with E-state index in [1.807, 2.05) is 0 Å². The number of ether oxygens (including phenoxy) is 1. The second-order valence-electron chi connectivity index (χ2n) is 12.4. The first-order chi connectivity index (χ1) is 23.1. The van der Waals surface area contributed by atoms with E-state index in [1.54, 1.807) is 0 Å². The van der Waals surface area contributed by atoms with Crippen LogP contribution in [0.2, 0.25) is 0 Å². The van der Waals surface area contributed by atoms with Gasteiger partial charge in [0, 0.05) is 12.8 Å². The summed E-state index contributed by atoms with van der Waals surface area (Å²) in [6.07, 6.45) is 29.3. The lowest BCUT2D eigenvalue weighted by atomic mass is 10.1. The Balaban J connectivity index is 4.01. The van der Waals surface area contributed by atoms with Gasteiger partial charge in [0.1, 0.15) is 12.7 Å². The van der Waals surface area contributed by atoms with E-state index in [9.17, 15) is 34.1 Å². The quantitative estimate of drug-likeness (QED) is 0.0221. The van der Waals surface area contributed by atoms with Crippen LogP contribution in [0, 0.1) is 0 Å². The molecule has 0 aliphatic rings. The second kappa shape index (κ2) is 32.2. The minimum absolute atomic E-state index is 0.130. The van der Waals surface area contributed by atoms with Crippen LogP contribution in [-0.2, 0) is 32.7 Å². The number of carbonyl (C=O) groups is 3. The number of carbonyl (C=O) groups excluding carboxylic acids is 2. The van der Waals surface area contributed by atoms with Crippen LogP contribution in [0.25, 0.3) is 0 Å². The third-order valence-electron chi connectivity index (χ3n) is 7.72. The molecule has 0 spiro atoms. The van der Waals surface area contributed by atoms with Gasteiger partial charge >= 0.3 is 19.8 Å². The molecular formula is C36H66NO10P. The zero-order valence-corrected chi connectivity index (χ0v) is 30.7. The molecule has 48 heavy (non-hydrogen) atoms. The number of hydrogen-bond donors (Lipinski definition) is 4. The number of hydrogen-bond acceptors (Lipinski definition) is 8. The Kier molecular flexibility index (Phi) is 30.8. The minimum atomic E-state index is -4.75. The van der Waals surface area contributed by atoms with Crippen molar-refractivity contribution in [3.63, 3.8) is 0 Å².